The fraction of sp³-hybridized carbons (Fsp3) is 0.632. The fourth-order valence-electron chi connectivity index (χ4n) is 3.24. The van der Waals surface area contributed by atoms with Gasteiger partial charge in [-0.1, -0.05) is 19.1 Å². The van der Waals surface area contributed by atoms with Crippen molar-refractivity contribution in [2.75, 3.05) is 13.1 Å². The van der Waals surface area contributed by atoms with Crippen LogP contribution in [-0.2, 0) is 9.47 Å². The summed E-state index contributed by atoms with van der Waals surface area (Å²) in [6, 6.07) is 0. The quantitative estimate of drug-likeness (QED) is 0.808. The molecule has 3 atom stereocenters. The molecule has 2 N–H and O–H groups in total. The average Bonchev–Trinajstić information content (AvgIpc) is 3.27. The summed E-state index contributed by atoms with van der Waals surface area (Å²) in [4.78, 5) is 7.16. The van der Waals surface area contributed by atoms with Gasteiger partial charge in [0, 0.05) is 30.8 Å². The number of nitrogens with two attached hydrogens (primary N) is 1. The van der Waals surface area contributed by atoms with E-state index in [2.05, 4.69) is 30.1 Å². The highest BCUT2D eigenvalue weighted by atomic mass is 16.8. The Labute approximate surface area is 144 Å². The average molecular weight is 331 g/mol. The maximum absolute atomic E-state index is 5.90. The van der Waals surface area contributed by atoms with Gasteiger partial charge < -0.3 is 15.2 Å². The Morgan fingerprint density at radius 3 is 2.79 bits per heavy atom. The van der Waals surface area contributed by atoms with Gasteiger partial charge in [0.25, 0.3) is 0 Å². The summed E-state index contributed by atoms with van der Waals surface area (Å²) >= 11 is 0. The lowest BCUT2D eigenvalue weighted by Crippen LogP contribution is -2.44. The molecule has 3 unspecified atom stereocenters. The van der Waals surface area contributed by atoms with E-state index < -0.39 is 0 Å². The number of likely N-dealkylation sites (tertiary alicyclic amines) is 1. The van der Waals surface area contributed by atoms with E-state index in [0.29, 0.717) is 5.92 Å². The van der Waals surface area contributed by atoms with Gasteiger partial charge in [-0.2, -0.15) is 0 Å². The zero-order chi connectivity index (χ0) is 17.3. The topological polar surface area (TPSA) is 63.4 Å². The number of piperidine rings is 1. The molecule has 2 saturated heterocycles. The molecule has 3 aliphatic rings. The Morgan fingerprint density at radius 1 is 1.38 bits per heavy atom. The van der Waals surface area contributed by atoms with Crippen LogP contribution in [0.25, 0.3) is 0 Å². The van der Waals surface area contributed by atoms with Crippen LogP contribution in [0.15, 0.2) is 40.7 Å². The van der Waals surface area contributed by atoms with Crippen molar-refractivity contribution in [3.63, 3.8) is 0 Å². The molecule has 0 saturated carbocycles. The van der Waals surface area contributed by atoms with E-state index in [1.54, 1.807) is 6.20 Å². The summed E-state index contributed by atoms with van der Waals surface area (Å²) in [6.45, 7) is 10.0. The van der Waals surface area contributed by atoms with Crippen LogP contribution in [0.4, 0.5) is 0 Å². The minimum absolute atomic E-state index is 0.0250. The first kappa shape index (κ1) is 17.4. The SMILES string of the molecule is CC1CN(C2OC2OC(C)(C)C)CC(=CN)C1=NC1=CCCC=C1. The van der Waals surface area contributed by atoms with Crippen LogP contribution in [0.1, 0.15) is 40.5 Å². The number of nitrogens with zero attached hydrogens (tertiary/aromatic N) is 2. The first-order valence-corrected chi connectivity index (χ1v) is 8.81. The number of ether oxygens (including phenoxy) is 2. The molecule has 24 heavy (non-hydrogen) atoms. The molecule has 1 aliphatic carbocycles. The smallest absolute Gasteiger partial charge is 0.200 e. The van der Waals surface area contributed by atoms with Crippen molar-refractivity contribution in [1.29, 1.82) is 0 Å². The maximum atomic E-state index is 5.90. The summed E-state index contributed by atoms with van der Waals surface area (Å²) in [5.41, 5.74) is 8.93. The van der Waals surface area contributed by atoms with Gasteiger partial charge >= 0.3 is 0 Å². The van der Waals surface area contributed by atoms with Gasteiger partial charge in [-0.05, 0) is 39.7 Å². The lowest BCUT2D eigenvalue weighted by Gasteiger charge is -2.33. The summed E-state index contributed by atoms with van der Waals surface area (Å²) in [6.07, 6.45) is 10.2. The van der Waals surface area contributed by atoms with Crippen molar-refractivity contribution in [2.24, 2.45) is 16.6 Å². The summed E-state index contributed by atoms with van der Waals surface area (Å²) in [5.74, 6) is 0.310. The second kappa shape index (κ2) is 6.82. The number of rotatable bonds is 3. The minimum atomic E-state index is -0.195. The molecule has 2 heterocycles. The van der Waals surface area contributed by atoms with Gasteiger partial charge in [0.2, 0.25) is 0 Å². The lowest BCUT2D eigenvalue weighted by molar-refractivity contribution is -0.0577. The van der Waals surface area contributed by atoms with Crippen molar-refractivity contribution in [1.82, 2.24) is 4.90 Å². The highest BCUT2D eigenvalue weighted by Gasteiger charge is 2.48. The molecule has 0 aromatic heterocycles. The monoisotopic (exact) mass is 331 g/mol. The molecule has 132 valence electrons. The third-order valence-electron chi connectivity index (χ3n) is 4.36. The van der Waals surface area contributed by atoms with Crippen molar-refractivity contribution in [3.8, 4) is 0 Å². The molecule has 5 heteroatoms. The van der Waals surface area contributed by atoms with Crippen LogP contribution >= 0.6 is 0 Å². The molecule has 2 fully saturated rings. The fourth-order valence-corrected chi connectivity index (χ4v) is 3.24. The number of aliphatic imine (C=N–C) groups is 1. The molecule has 0 spiro atoms. The second-order valence-electron chi connectivity index (χ2n) is 7.75. The highest BCUT2D eigenvalue weighted by Crippen LogP contribution is 2.34. The summed E-state index contributed by atoms with van der Waals surface area (Å²) in [7, 11) is 0. The predicted molar refractivity (Wildman–Crippen MR) is 96.4 cm³/mol. The van der Waals surface area contributed by atoms with E-state index in [1.807, 2.05) is 20.8 Å². The Hall–Kier alpha value is -1.43. The zero-order valence-corrected chi connectivity index (χ0v) is 15.2. The number of hydrogen-bond donors (Lipinski definition) is 1. The van der Waals surface area contributed by atoms with Crippen LogP contribution in [-0.4, -0.2) is 41.8 Å². The van der Waals surface area contributed by atoms with Gasteiger partial charge in [0.05, 0.1) is 17.0 Å². The third-order valence-corrected chi connectivity index (χ3v) is 4.36. The van der Waals surface area contributed by atoms with Crippen LogP contribution in [0, 0.1) is 5.92 Å². The molecule has 0 aromatic carbocycles. The Morgan fingerprint density at radius 2 is 2.17 bits per heavy atom. The van der Waals surface area contributed by atoms with E-state index in [-0.39, 0.29) is 18.1 Å². The molecule has 0 bridgehead atoms. The number of hydrogen-bond acceptors (Lipinski definition) is 5. The van der Waals surface area contributed by atoms with Gasteiger partial charge in [-0.25, -0.2) is 0 Å². The highest BCUT2D eigenvalue weighted by molar-refractivity contribution is 6.03. The van der Waals surface area contributed by atoms with E-state index >= 15 is 0 Å². The molecule has 0 radical (unpaired) electrons. The van der Waals surface area contributed by atoms with Crippen molar-refractivity contribution < 1.29 is 9.47 Å². The van der Waals surface area contributed by atoms with Gasteiger partial charge in [-0.15, -0.1) is 0 Å². The van der Waals surface area contributed by atoms with Crippen molar-refractivity contribution >= 4 is 5.71 Å². The van der Waals surface area contributed by atoms with E-state index in [4.69, 9.17) is 20.2 Å². The predicted octanol–water partition coefficient (Wildman–Crippen LogP) is 2.95. The van der Waals surface area contributed by atoms with Crippen LogP contribution < -0.4 is 5.73 Å². The van der Waals surface area contributed by atoms with Crippen molar-refractivity contribution in [2.45, 2.75) is 58.7 Å². The van der Waals surface area contributed by atoms with Crippen LogP contribution in [0.3, 0.4) is 0 Å². The molecule has 2 aliphatic heterocycles. The molecule has 0 aromatic rings. The normalized spacial score (nSPS) is 34.7. The molecule has 0 amide bonds. The van der Waals surface area contributed by atoms with Crippen LogP contribution in [0.2, 0.25) is 0 Å². The van der Waals surface area contributed by atoms with Crippen LogP contribution in [0.5, 0.6) is 0 Å². The van der Waals surface area contributed by atoms with Gasteiger partial charge in [0.1, 0.15) is 0 Å². The third kappa shape index (κ3) is 4.15. The molecular formula is C19H29N3O2. The van der Waals surface area contributed by atoms with E-state index in [0.717, 1.165) is 42.9 Å². The second-order valence-corrected chi connectivity index (χ2v) is 7.75. The zero-order valence-electron chi connectivity index (χ0n) is 15.2. The van der Waals surface area contributed by atoms with Crippen molar-refractivity contribution in [3.05, 3.63) is 35.7 Å². The Bertz CT molecular complexity index is 598. The first-order valence-electron chi connectivity index (χ1n) is 8.81. The largest absolute Gasteiger partial charge is 0.404 e. The molecule has 5 nitrogen and oxygen atoms in total. The molecule has 3 rings (SSSR count). The van der Waals surface area contributed by atoms with E-state index in [1.165, 1.54) is 0 Å². The van der Waals surface area contributed by atoms with Gasteiger partial charge in [0.15, 0.2) is 12.5 Å². The Kier molecular flexibility index (Phi) is 4.95. The minimum Gasteiger partial charge on any atom is -0.404 e. The standard InChI is InChI=1S/C19H29N3O2/c1-13-11-22(17-18(23-17)24-19(2,3)4)12-14(10-20)16(13)21-15-8-6-5-7-9-15/h6,8-10,13,17-18H,5,7,11-12,20H2,1-4H3. The molecular weight excluding hydrogens is 302 g/mol. The summed E-state index contributed by atoms with van der Waals surface area (Å²) < 4.78 is 11.6. The Balaban J connectivity index is 1.68. The van der Waals surface area contributed by atoms with E-state index in [9.17, 15) is 0 Å². The lowest BCUT2D eigenvalue weighted by atomic mass is 9.93. The number of allylic oxidation sites excluding steroid dienone is 3. The maximum Gasteiger partial charge on any atom is 0.200 e. The van der Waals surface area contributed by atoms with Gasteiger partial charge in [-0.3, -0.25) is 9.89 Å². The summed E-state index contributed by atoms with van der Waals surface area (Å²) in [5, 5.41) is 0. The number of epoxide rings is 1. The first-order chi connectivity index (χ1) is 11.4.